The molecule has 4 aliphatic carbocycles. The Hall–Kier alpha value is -3.73. The zero-order valence-electron chi connectivity index (χ0n) is 83.2. The lowest BCUT2D eigenvalue weighted by Crippen LogP contribution is -2.45. The van der Waals surface area contributed by atoms with Crippen molar-refractivity contribution in [2.45, 2.75) is 449 Å². The van der Waals surface area contributed by atoms with Crippen LogP contribution >= 0.6 is 0 Å². The highest BCUT2D eigenvalue weighted by Gasteiger charge is 2.57. The minimum Gasteiger partial charge on any atom is -0.466 e. The van der Waals surface area contributed by atoms with E-state index >= 15 is 0 Å². The number of carbonyl (C=O) groups excluding carboxylic acids is 6. The number of fused-ring (bicyclic) bond motifs is 2. The van der Waals surface area contributed by atoms with E-state index in [1.165, 1.54) is 84.2 Å². The fraction of sp³-hybridized carbons (Fsp3) is 0.876. The average Bonchev–Trinajstić information content (AvgIpc) is 1.60. The number of benzene rings is 1. The molecule has 21 heteroatoms. The first-order valence-corrected chi connectivity index (χ1v) is 56.5. The van der Waals surface area contributed by atoms with E-state index in [9.17, 15) is 55.1 Å². The highest BCUT2D eigenvalue weighted by atomic mass is 28.3. The highest BCUT2D eigenvalue weighted by Crippen LogP contribution is 2.57. The summed E-state index contributed by atoms with van der Waals surface area (Å²) < 4.78 is 105. The standard InChI is InChI=1S/2C16H30O2.C13H26Si.C12H26O2Si.C11H24O2Si.C10H17F3O2.C10H14.C9H15F3O2/c1-7-16(5,6)14(17)18-13-10-8-12(9-11-13)15(2,3)4;1-7-15(3,4)14(17)18-16(5,6)13-10-8-12(2)9-11-13;1-9-10(2)13-7-11(9)6-12(13)8-14(3,4)5;1-7-12(2,3)11(13)14-9-8-10-15(4,5)6;1-7-11(2,3)10(12)13-8-9-14(4,5)6;1-6-9(5,10(11,12)13)7(14)15-8(2,3)4;1-3-9(2)10-7-5-4-6-8-10;1-5-8(3,4)7(13)14-6(2)9(10,11)12/h2*12-13H,7-11H2,1-6H3;9-13H,6-8H2,1-5H3;7-10H2,1-6H3;7-9H2,1-6H3;6H2,1-5H3;4-9H,3H2,1-2H3;6H,5H2,1-4H3. The van der Waals surface area contributed by atoms with Gasteiger partial charge in [-0.3, -0.25) is 28.8 Å². The average molecular weight is 1740 g/mol. The van der Waals surface area contributed by atoms with Gasteiger partial charge in [0.05, 0.1) is 40.3 Å². The lowest BCUT2D eigenvalue weighted by molar-refractivity contribution is -0.236. The quantitative estimate of drug-likeness (QED) is 0.0270. The lowest BCUT2D eigenvalue weighted by atomic mass is 9.72. The Bertz CT molecular complexity index is 3020. The van der Waals surface area contributed by atoms with Gasteiger partial charge in [0, 0.05) is 24.2 Å². The van der Waals surface area contributed by atoms with E-state index in [0.717, 1.165) is 106 Å². The summed E-state index contributed by atoms with van der Waals surface area (Å²) in [6, 6.07) is 14.5. The minimum absolute atomic E-state index is 0.0239. The van der Waals surface area contributed by atoms with Gasteiger partial charge in [-0.2, -0.15) is 26.3 Å². The Labute approximate surface area is 722 Å². The summed E-state index contributed by atoms with van der Waals surface area (Å²) in [6.45, 7) is 81.7. The maximum Gasteiger partial charge on any atom is 0.425 e. The molecule has 0 N–H and O–H groups in total. The molecule has 0 amide bonds. The van der Waals surface area contributed by atoms with Crippen molar-refractivity contribution in [2.75, 3.05) is 13.2 Å². The molecule has 696 valence electrons. The summed E-state index contributed by atoms with van der Waals surface area (Å²) in [4.78, 5) is 70.0. The van der Waals surface area contributed by atoms with Crippen LogP contribution in [0.5, 0.6) is 0 Å². The van der Waals surface area contributed by atoms with Crippen molar-refractivity contribution in [3.63, 3.8) is 0 Å². The molecular formula is C97H182F6O12Si3. The predicted octanol–water partition coefficient (Wildman–Crippen LogP) is 29.8. The minimum atomic E-state index is -4.58. The number of alkyl halides is 6. The van der Waals surface area contributed by atoms with Crippen LogP contribution in [0, 0.1) is 85.2 Å². The Morgan fingerprint density at radius 1 is 0.449 bits per heavy atom. The van der Waals surface area contributed by atoms with Crippen molar-refractivity contribution in [1.29, 1.82) is 0 Å². The molecule has 0 aromatic heterocycles. The fourth-order valence-corrected chi connectivity index (χ4v) is 17.4. The molecule has 118 heavy (non-hydrogen) atoms. The van der Waals surface area contributed by atoms with Crippen LogP contribution in [0.4, 0.5) is 26.3 Å². The molecule has 4 saturated carbocycles. The van der Waals surface area contributed by atoms with Crippen LogP contribution in [0.25, 0.3) is 0 Å². The summed E-state index contributed by atoms with van der Waals surface area (Å²) in [5.41, 5.74) is -4.00. The molecule has 8 unspecified atom stereocenters. The number of ether oxygens (including phenoxy) is 6. The number of esters is 6. The fourth-order valence-electron chi connectivity index (χ4n) is 13.5. The first-order valence-electron chi connectivity index (χ1n) is 45.4. The smallest absolute Gasteiger partial charge is 0.425 e. The number of hydrogen-bond acceptors (Lipinski definition) is 12. The van der Waals surface area contributed by atoms with Gasteiger partial charge in [-0.1, -0.05) is 211 Å². The van der Waals surface area contributed by atoms with Gasteiger partial charge in [-0.15, -0.1) is 0 Å². The van der Waals surface area contributed by atoms with Gasteiger partial charge in [0.1, 0.15) is 17.3 Å². The van der Waals surface area contributed by atoms with Crippen LogP contribution in [-0.4, -0.2) is 109 Å². The molecule has 1 aromatic carbocycles. The van der Waals surface area contributed by atoms with Gasteiger partial charge in [-0.05, 0) is 291 Å². The maximum atomic E-state index is 12.6. The number of halogens is 6. The third kappa shape index (κ3) is 46.3. The normalized spacial score (nSPS) is 21.7. The van der Waals surface area contributed by atoms with E-state index in [1.807, 2.05) is 83.1 Å². The van der Waals surface area contributed by atoms with E-state index in [-0.39, 0.29) is 63.7 Å². The van der Waals surface area contributed by atoms with E-state index in [0.29, 0.717) is 36.9 Å². The SMILES string of the molecule is CC1C2CC(C[Si](C)(C)C)C(C2)C1C.CCC(C)(C(=O)OC(C)(C)C)C(F)(F)F.CCC(C)(C)C(=O)OC(C)(C)C1CCC(C)CC1.CCC(C)(C)C(=O)OC(C)C(F)(F)F.CCC(C)(C)C(=O)OC1CCC(C(C)(C)C)CC1.CCC(C)(C)C(=O)OCCC[Si](C)(C)C.CCC(C)(C)C(=O)OCC[Si](C)(C)C.CCC(C)c1ccccc1. The highest BCUT2D eigenvalue weighted by molar-refractivity contribution is 6.76. The molecule has 4 fully saturated rings. The molecular weight excluding hydrogens is 1560 g/mol. The molecule has 0 aliphatic heterocycles. The van der Waals surface area contributed by atoms with Crippen molar-refractivity contribution < 1.29 is 83.5 Å². The molecule has 1 aromatic rings. The summed E-state index contributed by atoms with van der Waals surface area (Å²) in [7, 11) is -2.86. The molecule has 5 rings (SSSR count). The predicted molar refractivity (Wildman–Crippen MR) is 489 cm³/mol. The second kappa shape index (κ2) is 50.4. The van der Waals surface area contributed by atoms with Crippen LogP contribution in [-0.2, 0) is 57.2 Å². The van der Waals surface area contributed by atoms with Crippen molar-refractivity contribution in [3.8, 4) is 0 Å². The first kappa shape index (κ1) is 118. The Kier molecular flexibility index (Phi) is 50.6. The summed E-state index contributed by atoms with van der Waals surface area (Å²) in [6.07, 6.45) is 7.22. The monoisotopic (exact) mass is 1740 g/mol. The van der Waals surface area contributed by atoms with Crippen molar-refractivity contribution in [3.05, 3.63) is 35.9 Å². The summed E-state index contributed by atoms with van der Waals surface area (Å²) in [5.74, 6) is 5.97. The second-order valence-electron chi connectivity index (χ2n) is 44.8. The van der Waals surface area contributed by atoms with Crippen molar-refractivity contribution >= 4 is 60.0 Å². The lowest BCUT2D eigenvalue weighted by Gasteiger charge is -2.39. The second-order valence-corrected chi connectivity index (χ2v) is 61.5. The first-order chi connectivity index (χ1) is 53.0. The van der Waals surface area contributed by atoms with Crippen LogP contribution in [0.2, 0.25) is 77.1 Å². The van der Waals surface area contributed by atoms with Gasteiger partial charge in [0.2, 0.25) is 0 Å². The third-order valence-corrected chi connectivity index (χ3v) is 31.2. The van der Waals surface area contributed by atoms with Gasteiger partial charge < -0.3 is 28.4 Å². The van der Waals surface area contributed by atoms with Crippen molar-refractivity contribution in [2.24, 2.45) is 85.2 Å². The Morgan fingerprint density at radius 2 is 0.856 bits per heavy atom. The zero-order chi connectivity index (χ0) is 93.4. The third-order valence-electron chi connectivity index (χ3n) is 25.9. The topological polar surface area (TPSA) is 158 Å². The number of rotatable bonds is 27. The summed E-state index contributed by atoms with van der Waals surface area (Å²) in [5, 5.41) is 0. The van der Waals surface area contributed by atoms with Gasteiger partial charge in [0.25, 0.3) is 0 Å². The van der Waals surface area contributed by atoms with Crippen LogP contribution in [0.3, 0.4) is 0 Å². The Balaban J connectivity index is -0.00000129. The molecule has 2 bridgehead atoms. The molecule has 0 heterocycles. The van der Waals surface area contributed by atoms with E-state index in [1.54, 1.807) is 39.7 Å². The molecule has 0 radical (unpaired) electrons. The molecule has 0 saturated heterocycles. The van der Waals surface area contributed by atoms with E-state index < -0.39 is 71.0 Å². The maximum absolute atomic E-state index is 12.6. The van der Waals surface area contributed by atoms with Gasteiger partial charge in [-0.25, -0.2) is 0 Å². The van der Waals surface area contributed by atoms with Crippen molar-refractivity contribution in [1.82, 2.24) is 0 Å². The number of hydrogen-bond donors (Lipinski definition) is 0. The molecule has 0 spiro atoms. The van der Waals surface area contributed by atoms with E-state index in [2.05, 4.69) is 163 Å². The molecule has 12 nitrogen and oxygen atoms in total. The van der Waals surface area contributed by atoms with Crippen LogP contribution in [0.15, 0.2) is 30.3 Å². The van der Waals surface area contributed by atoms with Crippen LogP contribution < -0.4 is 0 Å². The van der Waals surface area contributed by atoms with Crippen LogP contribution in [0.1, 0.15) is 342 Å². The van der Waals surface area contributed by atoms with E-state index in [4.69, 9.17) is 23.7 Å². The van der Waals surface area contributed by atoms with Gasteiger partial charge >= 0.3 is 48.2 Å². The molecule has 4 aliphatic rings. The summed E-state index contributed by atoms with van der Waals surface area (Å²) >= 11 is 0. The number of carbonyl (C=O) groups is 6. The Morgan fingerprint density at radius 3 is 1.21 bits per heavy atom. The largest absolute Gasteiger partial charge is 0.466 e. The van der Waals surface area contributed by atoms with Gasteiger partial charge in [0.15, 0.2) is 11.5 Å². The zero-order valence-corrected chi connectivity index (χ0v) is 86.2. The molecule has 8 atom stereocenters.